The van der Waals surface area contributed by atoms with Crippen LogP contribution < -0.4 is 20.5 Å². The van der Waals surface area contributed by atoms with Crippen molar-refractivity contribution < 1.29 is 19.1 Å². The Balaban J connectivity index is 1.76. The quantitative estimate of drug-likeness (QED) is 0.653. The number of nitrogens with one attached hydrogen (secondary N) is 1. The van der Waals surface area contributed by atoms with Gasteiger partial charge in [0.05, 0.1) is 7.11 Å². The van der Waals surface area contributed by atoms with Gasteiger partial charge in [-0.05, 0) is 30.3 Å². The number of amides is 2. The molecule has 1 aromatic heterocycles. The summed E-state index contributed by atoms with van der Waals surface area (Å²) in [4.78, 5) is 27.7. The van der Waals surface area contributed by atoms with Crippen LogP contribution in [0.25, 0.3) is 10.6 Å². The Morgan fingerprint density at radius 3 is 2.74 bits per heavy atom. The summed E-state index contributed by atoms with van der Waals surface area (Å²) in [7, 11) is 1.45. The normalized spacial score (nSPS) is 10.3. The fraction of sp³-hybridized carbons (Fsp3) is 0.105. The molecule has 1 heterocycles. The molecule has 0 radical (unpaired) electrons. The van der Waals surface area contributed by atoms with Gasteiger partial charge in [-0.15, -0.1) is 11.3 Å². The number of aromatic nitrogens is 1. The van der Waals surface area contributed by atoms with E-state index in [-0.39, 0.29) is 12.5 Å². The van der Waals surface area contributed by atoms with Crippen molar-refractivity contribution in [3.63, 3.8) is 0 Å². The number of anilines is 1. The number of benzene rings is 2. The number of carbonyl (C=O) groups excluding carboxylic acids is 2. The summed E-state index contributed by atoms with van der Waals surface area (Å²) in [5.41, 5.74) is 7.04. The Morgan fingerprint density at radius 2 is 2.04 bits per heavy atom. The number of primary amides is 1. The smallest absolute Gasteiger partial charge is 0.255 e. The van der Waals surface area contributed by atoms with E-state index in [0.717, 1.165) is 10.6 Å². The lowest BCUT2D eigenvalue weighted by molar-refractivity contribution is -0.119. The Kier molecular flexibility index (Phi) is 5.68. The lowest BCUT2D eigenvalue weighted by Gasteiger charge is -2.11. The molecular weight excluding hydrogens is 366 g/mol. The maximum atomic E-state index is 12.6. The van der Waals surface area contributed by atoms with Crippen LogP contribution in [-0.2, 0) is 4.79 Å². The van der Waals surface area contributed by atoms with Crippen LogP contribution in [0.1, 0.15) is 10.4 Å². The van der Waals surface area contributed by atoms with E-state index in [1.54, 1.807) is 24.4 Å². The van der Waals surface area contributed by atoms with E-state index in [2.05, 4.69) is 10.3 Å². The van der Waals surface area contributed by atoms with Gasteiger partial charge in [0.25, 0.3) is 11.8 Å². The van der Waals surface area contributed by atoms with Crippen LogP contribution in [0.5, 0.6) is 11.5 Å². The first kappa shape index (κ1) is 18.4. The van der Waals surface area contributed by atoms with E-state index in [1.165, 1.54) is 24.5 Å². The van der Waals surface area contributed by atoms with Gasteiger partial charge < -0.3 is 20.5 Å². The summed E-state index contributed by atoms with van der Waals surface area (Å²) in [5, 5.41) is 5.62. The number of carbonyl (C=O) groups is 2. The highest BCUT2D eigenvalue weighted by Gasteiger charge is 2.13. The Bertz CT molecular complexity index is 957. The molecule has 3 N–H and O–H groups in total. The molecule has 0 fully saturated rings. The summed E-state index contributed by atoms with van der Waals surface area (Å²) < 4.78 is 10.5. The van der Waals surface area contributed by atoms with Gasteiger partial charge in [-0.25, -0.2) is 4.98 Å². The molecule has 0 unspecified atom stereocenters. The van der Waals surface area contributed by atoms with Crippen molar-refractivity contribution >= 4 is 28.8 Å². The molecule has 7 nitrogen and oxygen atoms in total. The number of thiazole rings is 1. The lowest BCUT2D eigenvalue weighted by atomic mass is 10.1. The highest BCUT2D eigenvalue weighted by Crippen LogP contribution is 2.29. The molecule has 0 aliphatic carbocycles. The topological polar surface area (TPSA) is 104 Å². The number of rotatable bonds is 7. The van der Waals surface area contributed by atoms with Crippen LogP contribution in [0.3, 0.4) is 0 Å². The number of hydrogen-bond donors (Lipinski definition) is 2. The molecule has 3 aromatic rings. The van der Waals surface area contributed by atoms with Crippen molar-refractivity contribution in [2.45, 2.75) is 0 Å². The molecule has 27 heavy (non-hydrogen) atoms. The van der Waals surface area contributed by atoms with Crippen molar-refractivity contribution in [2.24, 2.45) is 5.73 Å². The van der Waals surface area contributed by atoms with Gasteiger partial charge in [0.2, 0.25) is 0 Å². The Hall–Kier alpha value is -3.39. The van der Waals surface area contributed by atoms with Crippen LogP contribution in [0.4, 0.5) is 5.69 Å². The monoisotopic (exact) mass is 383 g/mol. The Labute approximate surface area is 159 Å². The molecule has 8 heteroatoms. The number of nitrogens with two attached hydrogens (primary N) is 1. The molecule has 0 bridgehead atoms. The number of ether oxygens (including phenoxy) is 2. The van der Waals surface area contributed by atoms with E-state index >= 15 is 0 Å². The highest BCUT2D eigenvalue weighted by molar-refractivity contribution is 7.13. The minimum Gasteiger partial charge on any atom is -0.493 e. The van der Waals surface area contributed by atoms with Crippen molar-refractivity contribution in [3.05, 3.63) is 59.6 Å². The average Bonchev–Trinajstić information content (AvgIpc) is 3.21. The molecular formula is C19H17N3O4S. The van der Waals surface area contributed by atoms with Gasteiger partial charge in [0.15, 0.2) is 18.1 Å². The maximum Gasteiger partial charge on any atom is 0.255 e. The van der Waals surface area contributed by atoms with Crippen molar-refractivity contribution in [3.8, 4) is 22.1 Å². The summed E-state index contributed by atoms with van der Waals surface area (Å²) >= 11 is 1.53. The first-order valence-corrected chi connectivity index (χ1v) is 8.85. The second kappa shape index (κ2) is 8.33. The van der Waals surface area contributed by atoms with Crippen LogP contribution >= 0.6 is 11.3 Å². The van der Waals surface area contributed by atoms with Gasteiger partial charge in [0, 0.05) is 28.4 Å². The number of nitrogens with zero attached hydrogens (tertiary/aromatic N) is 1. The zero-order valence-corrected chi connectivity index (χ0v) is 15.3. The van der Waals surface area contributed by atoms with Gasteiger partial charge in [-0.2, -0.15) is 0 Å². The molecule has 0 aliphatic heterocycles. The largest absolute Gasteiger partial charge is 0.493 e. The lowest BCUT2D eigenvalue weighted by Crippen LogP contribution is -2.20. The highest BCUT2D eigenvalue weighted by atomic mass is 32.1. The third-order valence-electron chi connectivity index (χ3n) is 3.60. The van der Waals surface area contributed by atoms with Crippen molar-refractivity contribution in [2.75, 3.05) is 19.0 Å². The van der Waals surface area contributed by atoms with E-state index in [0.29, 0.717) is 22.7 Å². The van der Waals surface area contributed by atoms with E-state index < -0.39 is 5.91 Å². The predicted octanol–water partition coefficient (Wildman–Crippen LogP) is 2.94. The van der Waals surface area contributed by atoms with Crippen LogP contribution in [-0.4, -0.2) is 30.5 Å². The SMILES string of the molecule is COc1cc(C(=O)Nc2cccc(-c3nccs3)c2)ccc1OCC(N)=O. The summed E-state index contributed by atoms with van der Waals surface area (Å²) in [5.74, 6) is -0.232. The summed E-state index contributed by atoms with van der Waals surface area (Å²) in [6.45, 7) is -0.272. The molecule has 2 amide bonds. The van der Waals surface area contributed by atoms with Crippen LogP contribution in [0.2, 0.25) is 0 Å². The second-order valence-corrected chi connectivity index (χ2v) is 6.39. The van der Waals surface area contributed by atoms with E-state index in [4.69, 9.17) is 15.2 Å². The molecule has 0 atom stereocenters. The minimum atomic E-state index is -0.598. The van der Waals surface area contributed by atoms with Crippen LogP contribution in [0, 0.1) is 0 Å². The van der Waals surface area contributed by atoms with Gasteiger partial charge in [0.1, 0.15) is 5.01 Å². The minimum absolute atomic E-state index is 0.272. The number of methoxy groups -OCH3 is 1. The molecule has 0 aliphatic rings. The van der Waals surface area contributed by atoms with Crippen LogP contribution in [0.15, 0.2) is 54.0 Å². The summed E-state index contributed by atoms with van der Waals surface area (Å²) in [6.07, 6.45) is 1.74. The Morgan fingerprint density at radius 1 is 1.19 bits per heavy atom. The average molecular weight is 383 g/mol. The van der Waals surface area contributed by atoms with Gasteiger partial charge in [-0.3, -0.25) is 9.59 Å². The molecule has 0 spiro atoms. The first-order chi connectivity index (χ1) is 13.1. The summed E-state index contributed by atoms with van der Waals surface area (Å²) in [6, 6.07) is 12.1. The third-order valence-corrected chi connectivity index (χ3v) is 4.42. The van der Waals surface area contributed by atoms with E-state index in [1.807, 2.05) is 23.6 Å². The molecule has 138 valence electrons. The van der Waals surface area contributed by atoms with Gasteiger partial charge in [-0.1, -0.05) is 12.1 Å². The zero-order chi connectivity index (χ0) is 19.2. The number of hydrogen-bond acceptors (Lipinski definition) is 6. The van der Waals surface area contributed by atoms with Gasteiger partial charge >= 0.3 is 0 Å². The maximum absolute atomic E-state index is 12.6. The predicted molar refractivity (Wildman–Crippen MR) is 103 cm³/mol. The fourth-order valence-corrected chi connectivity index (χ4v) is 3.01. The molecule has 0 saturated carbocycles. The fourth-order valence-electron chi connectivity index (χ4n) is 2.38. The van der Waals surface area contributed by atoms with Crippen molar-refractivity contribution in [1.82, 2.24) is 4.98 Å². The molecule has 0 saturated heterocycles. The molecule has 3 rings (SSSR count). The first-order valence-electron chi connectivity index (χ1n) is 7.97. The zero-order valence-electron chi connectivity index (χ0n) is 14.5. The van der Waals surface area contributed by atoms with E-state index in [9.17, 15) is 9.59 Å². The molecule has 2 aromatic carbocycles. The second-order valence-electron chi connectivity index (χ2n) is 5.49. The van der Waals surface area contributed by atoms with Crippen molar-refractivity contribution in [1.29, 1.82) is 0 Å². The standard InChI is InChI=1S/C19H17N3O4S/c1-25-16-10-12(5-6-15(16)26-11-17(20)23)18(24)22-14-4-2-3-13(9-14)19-21-7-8-27-19/h2-10H,11H2,1H3,(H2,20,23)(H,22,24). The third kappa shape index (κ3) is 4.62.